The minimum Gasteiger partial charge on any atom is -0.227 e. The van der Waals surface area contributed by atoms with Gasteiger partial charge in [-0.05, 0) is 57.8 Å². The van der Waals surface area contributed by atoms with Crippen molar-refractivity contribution in [2.24, 2.45) is 11.8 Å². The molecule has 0 spiro atoms. The molecule has 0 aliphatic heterocycles. The van der Waals surface area contributed by atoms with Crippen molar-refractivity contribution < 1.29 is 19.6 Å². The molecule has 0 amide bonds. The van der Waals surface area contributed by atoms with Gasteiger partial charge in [0.05, 0.1) is 0 Å². The quantitative estimate of drug-likeness (QED) is 0.170. The molecule has 0 bridgehead atoms. The lowest BCUT2D eigenvalue weighted by atomic mass is 9.79. The Bertz CT molecular complexity index is 389. The molecule has 0 radical (unpaired) electrons. The predicted molar refractivity (Wildman–Crippen MR) is 116 cm³/mol. The van der Waals surface area contributed by atoms with Crippen molar-refractivity contribution in [1.82, 2.24) is 0 Å². The summed E-state index contributed by atoms with van der Waals surface area (Å²) >= 11 is 0. The maximum atomic E-state index is 6.16. The minimum atomic E-state index is -0.817. The molecule has 0 heterocycles. The fourth-order valence-electron chi connectivity index (χ4n) is 4.16. The molecule has 1 aliphatic rings. The highest BCUT2D eigenvalue weighted by Gasteiger charge is 2.45. The first-order chi connectivity index (χ1) is 13.2. The zero-order chi connectivity index (χ0) is 21.3. The molecule has 1 fully saturated rings. The molecule has 0 aromatic heterocycles. The van der Waals surface area contributed by atoms with Gasteiger partial charge in [-0.2, -0.15) is 9.78 Å². The number of rotatable bonds is 14. The van der Waals surface area contributed by atoms with Gasteiger partial charge < -0.3 is 0 Å². The summed E-state index contributed by atoms with van der Waals surface area (Å²) in [4.78, 5) is 24.5. The summed E-state index contributed by atoms with van der Waals surface area (Å²) in [6.07, 6.45) is 11.2. The Morgan fingerprint density at radius 1 is 0.750 bits per heavy atom. The first-order valence-corrected chi connectivity index (χ1v) is 11.9. The minimum absolute atomic E-state index is 0.285. The van der Waals surface area contributed by atoms with Crippen LogP contribution in [0, 0.1) is 11.8 Å². The molecule has 4 atom stereocenters. The lowest BCUT2D eigenvalue weighted by Gasteiger charge is -2.43. The summed E-state index contributed by atoms with van der Waals surface area (Å²) < 4.78 is 0. The summed E-state index contributed by atoms with van der Waals surface area (Å²) in [5.74, 6) is 0.216. The average molecular weight is 401 g/mol. The van der Waals surface area contributed by atoms with E-state index in [4.69, 9.17) is 19.6 Å². The van der Waals surface area contributed by atoms with Gasteiger partial charge in [0.15, 0.2) is 0 Å². The molecule has 4 unspecified atom stereocenters. The molecule has 0 saturated heterocycles. The summed E-state index contributed by atoms with van der Waals surface area (Å²) in [7, 11) is 0. The van der Waals surface area contributed by atoms with E-state index in [1.807, 2.05) is 0 Å². The van der Waals surface area contributed by atoms with Gasteiger partial charge in [0.1, 0.15) is 11.2 Å². The van der Waals surface area contributed by atoms with Gasteiger partial charge in [0, 0.05) is 12.8 Å². The lowest BCUT2D eigenvalue weighted by Crippen LogP contribution is -2.47. The van der Waals surface area contributed by atoms with E-state index in [0.717, 1.165) is 64.2 Å². The maximum absolute atomic E-state index is 6.16. The third-order valence-electron chi connectivity index (χ3n) is 6.53. The van der Waals surface area contributed by atoms with Crippen molar-refractivity contribution in [3.63, 3.8) is 0 Å². The van der Waals surface area contributed by atoms with Crippen LogP contribution in [-0.4, -0.2) is 17.0 Å². The SMILES string of the molecule is CCCCC(C)(CC)OOC1(OOC(C)(CC)CCCC)CC(C)CC(C)C1. The van der Waals surface area contributed by atoms with Crippen LogP contribution < -0.4 is 0 Å². The van der Waals surface area contributed by atoms with Crippen LogP contribution in [0.2, 0.25) is 0 Å². The molecule has 168 valence electrons. The Kier molecular flexibility index (Phi) is 11.0. The monoisotopic (exact) mass is 400 g/mol. The van der Waals surface area contributed by atoms with Crippen LogP contribution >= 0.6 is 0 Å². The van der Waals surface area contributed by atoms with E-state index in [1.165, 1.54) is 6.42 Å². The first kappa shape index (κ1) is 25.9. The van der Waals surface area contributed by atoms with Gasteiger partial charge in [-0.25, -0.2) is 9.78 Å². The van der Waals surface area contributed by atoms with Gasteiger partial charge in [-0.15, -0.1) is 0 Å². The fraction of sp³-hybridized carbons (Fsp3) is 1.00. The molecule has 28 heavy (non-hydrogen) atoms. The van der Waals surface area contributed by atoms with E-state index < -0.39 is 5.79 Å². The van der Waals surface area contributed by atoms with Gasteiger partial charge in [0.2, 0.25) is 5.79 Å². The standard InChI is InChI=1S/C24H48O4/c1-9-13-15-22(7,11-3)25-27-24(18-20(5)17-21(6)19-24)28-26-23(8,12-4)16-14-10-2/h20-21H,9-19H2,1-8H3. The number of unbranched alkanes of at least 4 members (excludes halogenated alkanes) is 2. The van der Waals surface area contributed by atoms with E-state index in [-0.39, 0.29) is 11.2 Å². The predicted octanol–water partition coefficient (Wildman–Crippen LogP) is 7.75. The van der Waals surface area contributed by atoms with Crippen molar-refractivity contribution >= 4 is 0 Å². The summed E-state index contributed by atoms with van der Waals surface area (Å²) in [5, 5.41) is 0. The summed E-state index contributed by atoms with van der Waals surface area (Å²) in [5.41, 5.74) is -0.570. The van der Waals surface area contributed by atoms with Crippen LogP contribution in [0.15, 0.2) is 0 Å². The molecule has 0 aromatic rings. The Labute approximate surface area is 174 Å². The Morgan fingerprint density at radius 3 is 1.46 bits per heavy atom. The molecule has 4 heteroatoms. The van der Waals surface area contributed by atoms with Gasteiger partial charge in [-0.1, -0.05) is 67.2 Å². The largest absolute Gasteiger partial charge is 0.234 e. The normalized spacial score (nSPS) is 30.0. The first-order valence-electron chi connectivity index (χ1n) is 11.9. The highest BCUT2D eigenvalue weighted by molar-refractivity contribution is 4.82. The topological polar surface area (TPSA) is 36.9 Å². The smallest absolute Gasteiger partial charge is 0.227 e. The molecular formula is C24H48O4. The van der Waals surface area contributed by atoms with Gasteiger partial charge in [-0.3, -0.25) is 0 Å². The molecule has 1 rings (SSSR count). The second-order valence-corrected chi connectivity index (χ2v) is 9.91. The molecule has 0 aromatic carbocycles. The zero-order valence-corrected chi connectivity index (χ0v) is 20.1. The van der Waals surface area contributed by atoms with Gasteiger partial charge >= 0.3 is 0 Å². The molecule has 1 aliphatic carbocycles. The van der Waals surface area contributed by atoms with Crippen LogP contribution in [0.25, 0.3) is 0 Å². The van der Waals surface area contributed by atoms with E-state index in [0.29, 0.717) is 11.8 Å². The van der Waals surface area contributed by atoms with E-state index in [1.54, 1.807) is 0 Å². The van der Waals surface area contributed by atoms with Crippen LogP contribution in [0.5, 0.6) is 0 Å². The third kappa shape index (κ3) is 8.30. The Hall–Kier alpha value is -0.160. The van der Waals surface area contributed by atoms with Crippen LogP contribution in [-0.2, 0) is 19.6 Å². The molecule has 4 nitrogen and oxygen atoms in total. The van der Waals surface area contributed by atoms with Crippen LogP contribution in [0.3, 0.4) is 0 Å². The van der Waals surface area contributed by atoms with Crippen molar-refractivity contribution in [3.05, 3.63) is 0 Å². The number of hydrogen-bond acceptors (Lipinski definition) is 4. The van der Waals surface area contributed by atoms with Crippen molar-refractivity contribution in [3.8, 4) is 0 Å². The third-order valence-corrected chi connectivity index (χ3v) is 6.53. The maximum Gasteiger partial charge on any atom is 0.234 e. The Morgan fingerprint density at radius 2 is 1.14 bits per heavy atom. The highest BCUT2D eigenvalue weighted by Crippen LogP contribution is 2.42. The van der Waals surface area contributed by atoms with E-state index >= 15 is 0 Å². The molecule has 1 saturated carbocycles. The molecule has 0 N–H and O–H groups in total. The number of hydrogen-bond donors (Lipinski definition) is 0. The summed E-state index contributed by atoms with van der Waals surface area (Å²) in [6, 6.07) is 0. The fourth-order valence-corrected chi connectivity index (χ4v) is 4.16. The average Bonchev–Trinajstić information content (AvgIpc) is 2.67. The lowest BCUT2D eigenvalue weighted by molar-refractivity contribution is -0.554. The second kappa shape index (κ2) is 11.9. The molecular weight excluding hydrogens is 352 g/mol. The van der Waals surface area contributed by atoms with Crippen LogP contribution in [0.4, 0.5) is 0 Å². The Balaban J connectivity index is 2.88. The van der Waals surface area contributed by atoms with E-state index in [2.05, 4.69) is 55.4 Å². The zero-order valence-electron chi connectivity index (χ0n) is 20.1. The van der Waals surface area contributed by atoms with Gasteiger partial charge in [0.25, 0.3) is 0 Å². The van der Waals surface area contributed by atoms with Crippen molar-refractivity contribution in [2.45, 2.75) is 143 Å². The second-order valence-electron chi connectivity index (χ2n) is 9.91. The van der Waals surface area contributed by atoms with Crippen molar-refractivity contribution in [1.29, 1.82) is 0 Å². The van der Waals surface area contributed by atoms with E-state index in [9.17, 15) is 0 Å². The van der Waals surface area contributed by atoms with Crippen molar-refractivity contribution in [2.75, 3.05) is 0 Å². The highest BCUT2D eigenvalue weighted by atomic mass is 17.3. The summed E-state index contributed by atoms with van der Waals surface area (Å²) in [6.45, 7) is 17.6. The van der Waals surface area contributed by atoms with Crippen LogP contribution in [0.1, 0.15) is 126 Å².